The van der Waals surface area contributed by atoms with Crippen LogP contribution in [0.1, 0.15) is 17.5 Å². The lowest BCUT2D eigenvalue weighted by molar-refractivity contribution is -0.385. The van der Waals surface area contributed by atoms with Gasteiger partial charge >= 0.3 is 0 Å². The van der Waals surface area contributed by atoms with E-state index >= 15 is 0 Å². The molecule has 1 saturated heterocycles. The number of aliphatic hydroxyl groups excluding tert-OH is 1. The third-order valence-corrected chi connectivity index (χ3v) is 4.79. The van der Waals surface area contributed by atoms with Crippen molar-refractivity contribution < 1.29 is 10.0 Å². The van der Waals surface area contributed by atoms with E-state index in [0.29, 0.717) is 11.5 Å². The number of hydrogen-bond donors (Lipinski definition) is 1. The maximum Gasteiger partial charge on any atom is 0.272 e. The summed E-state index contributed by atoms with van der Waals surface area (Å²) in [6.45, 7) is 2.71. The standard InChI is InChI=1S/C19H22N2O3/c1-14-9-17(7-8-19(14)21(23)24)20-12-16(11-18(20)13-22)10-15-5-3-2-4-6-15/h2-9,16,18,22H,10-13H2,1H3/t16-,18+/m0/s1. The molecule has 1 N–H and O–H groups in total. The van der Waals surface area contributed by atoms with E-state index in [1.54, 1.807) is 19.1 Å². The first kappa shape index (κ1) is 16.5. The molecule has 0 bridgehead atoms. The van der Waals surface area contributed by atoms with Crippen LogP contribution in [0.3, 0.4) is 0 Å². The molecule has 2 atom stereocenters. The second kappa shape index (κ2) is 7.01. The monoisotopic (exact) mass is 326 g/mol. The molecule has 1 aliphatic rings. The summed E-state index contributed by atoms with van der Waals surface area (Å²) < 4.78 is 0. The molecule has 0 radical (unpaired) electrons. The molecular weight excluding hydrogens is 304 g/mol. The summed E-state index contributed by atoms with van der Waals surface area (Å²) in [6.07, 6.45) is 1.92. The van der Waals surface area contributed by atoms with E-state index in [-0.39, 0.29) is 23.3 Å². The summed E-state index contributed by atoms with van der Waals surface area (Å²) >= 11 is 0. The van der Waals surface area contributed by atoms with Crippen LogP contribution >= 0.6 is 0 Å². The summed E-state index contributed by atoms with van der Waals surface area (Å²) in [6, 6.07) is 15.6. The Hall–Kier alpha value is -2.40. The van der Waals surface area contributed by atoms with Crippen molar-refractivity contribution in [1.82, 2.24) is 0 Å². The summed E-state index contributed by atoms with van der Waals surface area (Å²) in [5.74, 6) is 0.472. The average molecular weight is 326 g/mol. The third kappa shape index (κ3) is 3.41. The van der Waals surface area contributed by atoms with Gasteiger partial charge in [-0.1, -0.05) is 30.3 Å². The van der Waals surface area contributed by atoms with E-state index < -0.39 is 0 Å². The second-order valence-corrected chi connectivity index (χ2v) is 6.51. The molecule has 0 amide bonds. The first-order chi connectivity index (χ1) is 11.6. The van der Waals surface area contributed by atoms with Crippen molar-refractivity contribution >= 4 is 11.4 Å². The van der Waals surface area contributed by atoms with Gasteiger partial charge in [-0.05, 0) is 43.4 Å². The van der Waals surface area contributed by atoms with Crippen LogP contribution in [0.25, 0.3) is 0 Å². The van der Waals surface area contributed by atoms with Crippen LogP contribution in [0.4, 0.5) is 11.4 Å². The zero-order valence-electron chi connectivity index (χ0n) is 13.8. The van der Waals surface area contributed by atoms with Crippen molar-refractivity contribution in [3.05, 3.63) is 69.8 Å². The van der Waals surface area contributed by atoms with Gasteiger partial charge in [-0.3, -0.25) is 10.1 Å². The Balaban J connectivity index is 1.77. The number of rotatable bonds is 5. The Labute approximate surface area is 141 Å². The van der Waals surface area contributed by atoms with Gasteiger partial charge in [0.25, 0.3) is 5.69 Å². The van der Waals surface area contributed by atoms with E-state index in [1.165, 1.54) is 5.56 Å². The van der Waals surface area contributed by atoms with Crippen molar-refractivity contribution in [3.63, 3.8) is 0 Å². The summed E-state index contributed by atoms with van der Waals surface area (Å²) in [5, 5.41) is 20.7. The fourth-order valence-electron chi connectivity index (χ4n) is 3.62. The molecule has 0 spiro atoms. The van der Waals surface area contributed by atoms with Crippen molar-refractivity contribution in [2.75, 3.05) is 18.1 Å². The Morgan fingerprint density at radius 1 is 1.25 bits per heavy atom. The molecule has 5 heteroatoms. The number of hydrogen-bond acceptors (Lipinski definition) is 4. The minimum Gasteiger partial charge on any atom is -0.394 e. The predicted octanol–water partition coefficient (Wildman–Crippen LogP) is 3.33. The number of benzene rings is 2. The molecule has 0 aliphatic carbocycles. The lowest BCUT2D eigenvalue weighted by Gasteiger charge is -2.25. The molecule has 3 rings (SSSR count). The zero-order valence-corrected chi connectivity index (χ0v) is 13.8. The van der Waals surface area contributed by atoms with Crippen molar-refractivity contribution in [3.8, 4) is 0 Å². The molecule has 0 aromatic heterocycles. The van der Waals surface area contributed by atoms with Crippen LogP contribution in [-0.2, 0) is 6.42 Å². The number of nitro benzene ring substituents is 1. The van der Waals surface area contributed by atoms with Crippen LogP contribution < -0.4 is 4.90 Å². The molecule has 1 aliphatic heterocycles. The molecule has 2 aromatic rings. The Bertz CT molecular complexity index is 718. The van der Waals surface area contributed by atoms with Gasteiger partial charge in [0, 0.05) is 23.9 Å². The molecular formula is C19H22N2O3. The lowest BCUT2D eigenvalue weighted by atomic mass is 9.97. The molecule has 2 aromatic carbocycles. The molecule has 126 valence electrons. The van der Waals surface area contributed by atoms with Crippen LogP contribution in [0.2, 0.25) is 0 Å². The first-order valence-corrected chi connectivity index (χ1v) is 8.25. The van der Waals surface area contributed by atoms with Gasteiger partial charge in [0.15, 0.2) is 0 Å². The van der Waals surface area contributed by atoms with Gasteiger partial charge in [-0.15, -0.1) is 0 Å². The minimum absolute atomic E-state index is 0.0690. The molecule has 5 nitrogen and oxygen atoms in total. The van der Waals surface area contributed by atoms with Gasteiger partial charge < -0.3 is 10.0 Å². The highest BCUT2D eigenvalue weighted by Crippen LogP contribution is 2.33. The van der Waals surface area contributed by atoms with Gasteiger partial charge in [0.2, 0.25) is 0 Å². The van der Waals surface area contributed by atoms with Crippen molar-refractivity contribution in [2.45, 2.75) is 25.8 Å². The number of nitro groups is 1. The molecule has 1 heterocycles. The van der Waals surface area contributed by atoms with Crippen LogP contribution in [0.15, 0.2) is 48.5 Å². The minimum atomic E-state index is -0.356. The number of aliphatic hydroxyl groups is 1. The van der Waals surface area contributed by atoms with Gasteiger partial charge in [-0.2, -0.15) is 0 Å². The summed E-state index contributed by atoms with van der Waals surface area (Å²) in [7, 11) is 0. The summed E-state index contributed by atoms with van der Waals surface area (Å²) in [4.78, 5) is 12.8. The Morgan fingerprint density at radius 2 is 2.00 bits per heavy atom. The molecule has 0 saturated carbocycles. The fourth-order valence-corrected chi connectivity index (χ4v) is 3.62. The van der Waals surface area contributed by atoms with Gasteiger partial charge in [-0.25, -0.2) is 0 Å². The average Bonchev–Trinajstić information content (AvgIpc) is 2.98. The third-order valence-electron chi connectivity index (χ3n) is 4.79. The second-order valence-electron chi connectivity index (χ2n) is 6.51. The van der Waals surface area contributed by atoms with E-state index in [4.69, 9.17) is 0 Å². The van der Waals surface area contributed by atoms with Gasteiger partial charge in [0.05, 0.1) is 17.6 Å². The zero-order chi connectivity index (χ0) is 17.1. The Morgan fingerprint density at radius 3 is 2.62 bits per heavy atom. The first-order valence-electron chi connectivity index (χ1n) is 8.25. The van der Waals surface area contributed by atoms with Crippen LogP contribution in [-0.4, -0.2) is 29.2 Å². The van der Waals surface area contributed by atoms with Crippen LogP contribution in [0.5, 0.6) is 0 Å². The van der Waals surface area contributed by atoms with E-state index in [2.05, 4.69) is 17.0 Å². The Kier molecular flexibility index (Phi) is 4.81. The maximum atomic E-state index is 11.0. The molecule has 0 unspecified atom stereocenters. The van der Waals surface area contributed by atoms with Crippen molar-refractivity contribution in [2.24, 2.45) is 5.92 Å². The smallest absolute Gasteiger partial charge is 0.272 e. The number of nitrogens with zero attached hydrogens (tertiary/aromatic N) is 2. The normalized spacial score (nSPS) is 20.3. The predicted molar refractivity (Wildman–Crippen MR) is 94.3 cm³/mol. The highest BCUT2D eigenvalue weighted by Gasteiger charge is 2.32. The van der Waals surface area contributed by atoms with E-state index in [1.807, 2.05) is 24.3 Å². The molecule has 24 heavy (non-hydrogen) atoms. The highest BCUT2D eigenvalue weighted by atomic mass is 16.6. The quantitative estimate of drug-likeness (QED) is 0.676. The number of anilines is 1. The van der Waals surface area contributed by atoms with Crippen molar-refractivity contribution in [1.29, 1.82) is 0 Å². The summed E-state index contributed by atoms with van der Waals surface area (Å²) in [5.41, 5.74) is 3.05. The lowest BCUT2D eigenvalue weighted by Crippen LogP contribution is -2.32. The fraction of sp³-hybridized carbons (Fsp3) is 0.368. The SMILES string of the molecule is Cc1cc(N2C[C@@H](Cc3ccccc3)C[C@@H]2CO)ccc1[N+](=O)[O-]. The van der Waals surface area contributed by atoms with E-state index in [9.17, 15) is 15.2 Å². The van der Waals surface area contributed by atoms with E-state index in [0.717, 1.165) is 25.1 Å². The van der Waals surface area contributed by atoms with Crippen LogP contribution in [0, 0.1) is 23.0 Å². The maximum absolute atomic E-state index is 11.0. The van der Waals surface area contributed by atoms with Gasteiger partial charge in [0.1, 0.15) is 0 Å². The largest absolute Gasteiger partial charge is 0.394 e. The highest BCUT2D eigenvalue weighted by molar-refractivity contribution is 5.56. The number of aryl methyl sites for hydroxylation is 1. The topological polar surface area (TPSA) is 66.6 Å². The molecule has 1 fully saturated rings.